The zero-order valence-electron chi connectivity index (χ0n) is 11.9. The van der Waals surface area contributed by atoms with Crippen LogP contribution >= 0.6 is 11.3 Å². The lowest BCUT2D eigenvalue weighted by molar-refractivity contribution is 0.831. The van der Waals surface area contributed by atoms with Crippen molar-refractivity contribution in [1.82, 2.24) is 9.97 Å². The Morgan fingerprint density at radius 2 is 2.00 bits per heavy atom. The number of hydrogen-bond donors (Lipinski definition) is 2. The van der Waals surface area contributed by atoms with Gasteiger partial charge >= 0.3 is 0 Å². The SMILES string of the molecule is CCCCNc1nc(NCC)nc2sc(CC)cc12. The number of aromatic nitrogens is 2. The van der Waals surface area contributed by atoms with Crippen LogP contribution in [-0.2, 0) is 6.42 Å². The maximum atomic E-state index is 4.58. The fourth-order valence-electron chi connectivity index (χ4n) is 1.90. The lowest BCUT2D eigenvalue weighted by Crippen LogP contribution is -2.07. The molecule has 2 N–H and O–H groups in total. The van der Waals surface area contributed by atoms with Crippen LogP contribution in [-0.4, -0.2) is 23.1 Å². The van der Waals surface area contributed by atoms with E-state index in [-0.39, 0.29) is 0 Å². The van der Waals surface area contributed by atoms with Crippen molar-refractivity contribution in [3.05, 3.63) is 10.9 Å². The molecule has 4 nitrogen and oxygen atoms in total. The second-order valence-electron chi connectivity index (χ2n) is 4.49. The molecule has 5 heteroatoms. The molecule has 2 aromatic heterocycles. The van der Waals surface area contributed by atoms with Gasteiger partial charge in [0.05, 0.1) is 5.39 Å². The first kappa shape index (κ1) is 14.1. The van der Waals surface area contributed by atoms with Gasteiger partial charge in [-0.1, -0.05) is 20.3 Å². The largest absolute Gasteiger partial charge is 0.369 e. The zero-order valence-corrected chi connectivity index (χ0v) is 12.7. The van der Waals surface area contributed by atoms with Gasteiger partial charge in [-0.15, -0.1) is 11.3 Å². The average molecular weight is 278 g/mol. The van der Waals surface area contributed by atoms with E-state index in [1.807, 2.05) is 0 Å². The first-order chi connectivity index (χ1) is 9.28. The number of fused-ring (bicyclic) bond motifs is 1. The Balaban J connectivity index is 2.35. The number of rotatable bonds is 7. The Morgan fingerprint density at radius 1 is 1.16 bits per heavy atom. The summed E-state index contributed by atoms with van der Waals surface area (Å²) >= 11 is 1.76. The number of thiophene rings is 1. The van der Waals surface area contributed by atoms with Crippen molar-refractivity contribution in [1.29, 1.82) is 0 Å². The molecule has 0 amide bonds. The van der Waals surface area contributed by atoms with Gasteiger partial charge in [-0.2, -0.15) is 4.98 Å². The summed E-state index contributed by atoms with van der Waals surface area (Å²) in [6.45, 7) is 8.23. The van der Waals surface area contributed by atoms with Crippen molar-refractivity contribution >= 4 is 33.3 Å². The Labute approximate surface area is 118 Å². The van der Waals surface area contributed by atoms with Crippen LogP contribution in [0.1, 0.15) is 38.5 Å². The van der Waals surface area contributed by atoms with Gasteiger partial charge in [0.15, 0.2) is 0 Å². The molecular formula is C14H22N4S. The molecule has 0 atom stereocenters. The van der Waals surface area contributed by atoms with Crippen molar-refractivity contribution in [2.45, 2.75) is 40.0 Å². The number of anilines is 2. The minimum Gasteiger partial charge on any atom is -0.369 e. The third-order valence-corrected chi connectivity index (χ3v) is 4.12. The molecule has 0 aromatic carbocycles. The van der Waals surface area contributed by atoms with E-state index in [2.05, 4.69) is 47.4 Å². The highest BCUT2D eigenvalue weighted by atomic mass is 32.1. The van der Waals surface area contributed by atoms with Gasteiger partial charge in [-0.05, 0) is 25.8 Å². The molecule has 104 valence electrons. The van der Waals surface area contributed by atoms with Gasteiger partial charge in [0.1, 0.15) is 10.6 Å². The van der Waals surface area contributed by atoms with Gasteiger partial charge in [-0.25, -0.2) is 4.98 Å². The van der Waals surface area contributed by atoms with E-state index in [0.29, 0.717) is 0 Å². The van der Waals surface area contributed by atoms with Crippen LogP contribution in [0.4, 0.5) is 11.8 Å². The van der Waals surface area contributed by atoms with Crippen LogP contribution < -0.4 is 10.6 Å². The molecule has 2 aromatic rings. The van der Waals surface area contributed by atoms with Crippen LogP contribution in [0.2, 0.25) is 0 Å². The maximum Gasteiger partial charge on any atom is 0.226 e. The fourth-order valence-corrected chi connectivity index (χ4v) is 2.87. The molecule has 0 aliphatic carbocycles. The van der Waals surface area contributed by atoms with E-state index in [9.17, 15) is 0 Å². The van der Waals surface area contributed by atoms with Crippen molar-refractivity contribution in [3.8, 4) is 0 Å². The van der Waals surface area contributed by atoms with Gasteiger partial charge in [0.25, 0.3) is 0 Å². The topological polar surface area (TPSA) is 49.8 Å². The van der Waals surface area contributed by atoms with E-state index in [0.717, 1.165) is 47.9 Å². The summed E-state index contributed by atoms with van der Waals surface area (Å²) < 4.78 is 0. The minimum absolute atomic E-state index is 0.721. The number of nitrogens with zero attached hydrogens (tertiary/aromatic N) is 2. The number of hydrogen-bond acceptors (Lipinski definition) is 5. The molecular weight excluding hydrogens is 256 g/mol. The van der Waals surface area contributed by atoms with E-state index in [1.54, 1.807) is 11.3 Å². The second-order valence-corrected chi connectivity index (χ2v) is 5.61. The van der Waals surface area contributed by atoms with Crippen LogP contribution in [0, 0.1) is 0 Å². The van der Waals surface area contributed by atoms with Gasteiger partial charge < -0.3 is 10.6 Å². The predicted octanol–water partition coefficient (Wildman–Crippen LogP) is 3.90. The molecule has 2 heterocycles. The highest BCUT2D eigenvalue weighted by Gasteiger charge is 2.10. The van der Waals surface area contributed by atoms with E-state index < -0.39 is 0 Å². The monoisotopic (exact) mass is 278 g/mol. The summed E-state index contributed by atoms with van der Waals surface area (Å²) in [6.07, 6.45) is 3.39. The third kappa shape index (κ3) is 3.35. The van der Waals surface area contributed by atoms with Gasteiger partial charge in [0.2, 0.25) is 5.95 Å². The molecule has 0 fully saturated rings. The lowest BCUT2D eigenvalue weighted by atomic mass is 10.3. The fraction of sp³-hybridized carbons (Fsp3) is 0.571. The van der Waals surface area contributed by atoms with E-state index in [1.165, 1.54) is 11.3 Å². The standard InChI is InChI=1S/C14H22N4S/c1-4-7-8-16-12-11-9-10(5-2)19-13(11)18-14(17-12)15-6-3/h9H,4-8H2,1-3H3,(H2,15,16,17,18). The highest BCUT2D eigenvalue weighted by molar-refractivity contribution is 7.18. The first-order valence-corrected chi connectivity index (χ1v) is 7.88. The molecule has 0 spiro atoms. The lowest BCUT2D eigenvalue weighted by Gasteiger charge is -2.08. The van der Waals surface area contributed by atoms with Crippen LogP contribution in [0.3, 0.4) is 0 Å². The molecule has 0 unspecified atom stereocenters. The van der Waals surface area contributed by atoms with E-state index >= 15 is 0 Å². The predicted molar refractivity (Wildman–Crippen MR) is 84.4 cm³/mol. The summed E-state index contributed by atoms with van der Waals surface area (Å²) in [5.41, 5.74) is 0. The molecule has 0 aliphatic heterocycles. The van der Waals surface area contributed by atoms with Crippen LogP contribution in [0.5, 0.6) is 0 Å². The number of aryl methyl sites for hydroxylation is 1. The number of nitrogens with one attached hydrogen (secondary N) is 2. The number of unbranched alkanes of at least 4 members (excludes halogenated alkanes) is 1. The molecule has 0 saturated carbocycles. The van der Waals surface area contributed by atoms with Crippen molar-refractivity contribution in [2.24, 2.45) is 0 Å². The Kier molecular flexibility index (Phi) is 4.96. The molecule has 0 bridgehead atoms. The summed E-state index contributed by atoms with van der Waals surface area (Å²) in [5.74, 6) is 1.68. The Bertz CT molecular complexity index is 535. The summed E-state index contributed by atoms with van der Waals surface area (Å²) in [4.78, 5) is 11.6. The molecule has 0 aliphatic rings. The average Bonchev–Trinajstić information content (AvgIpc) is 2.82. The summed E-state index contributed by atoms with van der Waals surface area (Å²) in [5, 5.41) is 7.79. The van der Waals surface area contributed by atoms with Crippen molar-refractivity contribution in [3.63, 3.8) is 0 Å². The Morgan fingerprint density at radius 3 is 2.68 bits per heavy atom. The quantitative estimate of drug-likeness (QED) is 0.754. The van der Waals surface area contributed by atoms with Gasteiger partial charge in [-0.3, -0.25) is 0 Å². The third-order valence-electron chi connectivity index (χ3n) is 2.95. The van der Waals surface area contributed by atoms with Crippen molar-refractivity contribution < 1.29 is 0 Å². The zero-order chi connectivity index (χ0) is 13.7. The highest BCUT2D eigenvalue weighted by Crippen LogP contribution is 2.30. The van der Waals surface area contributed by atoms with Gasteiger partial charge in [0, 0.05) is 18.0 Å². The maximum absolute atomic E-state index is 4.58. The molecule has 19 heavy (non-hydrogen) atoms. The van der Waals surface area contributed by atoms with Crippen LogP contribution in [0.15, 0.2) is 6.07 Å². The normalized spacial score (nSPS) is 10.9. The van der Waals surface area contributed by atoms with Crippen LogP contribution in [0.25, 0.3) is 10.2 Å². The van der Waals surface area contributed by atoms with E-state index in [4.69, 9.17) is 0 Å². The smallest absolute Gasteiger partial charge is 0.226 e. The molecule has 0 saturated heterocycles. The minimum atomic E-state index is 0.721. The van der Waals surface area contributed by atoms with Crippen molar-refractivity contribution in [2.75, 3.05) is 23.7 Å². The summed E-state index contributed by atoms with van der Waals surface area (Å²) in [7, 11) is 0. The molecule has 2 rings (SSSR count). The molecule has 0 radical (unpaired) electrons. The summed E-state index contributed by atoms with van der Waals surface area (Å²) in [6, 6.07) is 2.21. The second kappa shape index (κ2) is 6.70. The Hall–Kier alpha value is -1.36. The first-order valence-electron chi connectivity index (χ1n) is 7.06.